The van der Waals surface area contributed by atoms with Gasteiger partial charge in [0.05, 0.1) is 5.39 Å². The molecular weight excluding hydrogens is 332 g/mol. The van der Waals surface area contributed by atoms with Crippen molar-refractivity contribution in [2.45, 2.75) is 33.1 Å². The second kappa shape index (κ2) is 6.67. The van der Waals surface area contributed by atoms with Crippen molar-refractivity contribution >= 4 is 16.9 Å². The van der Waals surface area contributed by atoms with Crippen LogP contribution in [0.1, 0.15) is 33.3 Å². The van der Waals surface area contributed by atoms with Gasteiger partial charge < -0.3 is 13.9 Å². The van der Waals surface area contributed by atoms with E-state index >= 15 is 0 Å². The van der Waals surface area contributed by atoms with E-state index in [2.05, 4.69) is 20.8 Å². The molecule has 0 aliphatic carbocycles. The van der Waals surface area contributed by atoms with E-state index in [-0.39, 0.29) is 16.6 Å². The summed E-state index contributed by atoms with van der Waals surface area (Å²) >= 11 is 0. The highest BCUT2D eigenvalue weighted by Crippen LogP contribution is 2.27. The average Bonchev–Trinajstić information content (AvgIpc) is 2.56. The van der Waals surface area contributed by atoms with Gasteiger partial charge in [0.1, 0.15) is 23.3 Å². The Morgan fingerprint density at radius 3 is 2.27 bits per heavy atom. The molecule has 26 heavy (non-hydrogen) atoms. The molecule has 0 bridgehead atoms. The summed E-state index contributed by atoms with van der Waals surface area (Å²) in [7, 11) is 0. The van der Waals surface area contributed by atoms with Crippen molar-refractivity contribution in [1.29, 1.82) is 0 Å². The van der Waals surface area contributed by atoms with Crippen LogP contribution in [0.4, 0.5) is 0 Å². The zero-order valence-electron chi connectivity index (χ0n) is 15.2. The van der Waals surface area contributed by atoms with Gasteiger partial charge in [-0.3, -0.25) is 9.59 Å². The quantitative estimate of drug-likeness (QED) is 0.500. The summed E-state index contributed by atoms with van der Waals surface area (Å²) in [4.78, 5) is 23.6. The standard InChI is InChI=1S/C21H20O5/c1-13(22)25-16-9-10-17-18(11-16)24-12-19(20(17)23)26-15-7-5-14(6-8-15)21(2,3)4/h5-12H,1-4H3. The Hall–Kier alpha value is -3.08. The third kappa shape index (κ3) is 3.77. The van der Waals surface area contributed by atoms with E-state index in [0.717, 1.165) is 0 Å². The minimum absolute atomic E-state index is 0.0418. The van der Waals surface area contributed by atoms with E-state index in [0.29, 0.717) is 22.5 Å². The van der Waals surface area contributed by atoms with Crippen LogP contribution in [0, 0.1) is 0 Å². The first-order valence-corrected chi connectivity index (χ1v) is 8.26. The largest absolute Gasteiger partial charge is 0.460 e. The maximum atomic E-state index is 12.6. The van der Waals surface area contributed by atoms with Gasteiger partial charge in [-0.15, -0.1) is 0 Å². The highest BCUT2D eigenvalue weighted by atomic mass is 16.5. The van der Waals surface area contributed by atoms with E-state index in [1.54, 1.807) is 12.1 Å². The predicted molar refractivity (Wildman–Crippen MR) is 99.0 cm³/mol. The van der Waals surface area contributed by atoms with Crippen LogP contribution in [0.15, 0.2) is 57.9 Å². The maximum absolute atomic E-state index is 12.6. The Morgan fingerprint density at radius 1 is 1.00 bits per heavy atom. The lowest BCUT2D eigenvalue weighted by molar-refractivity contribution is -0.131. The van der Waals surface area contributed by atoms with Crippen LogP contribution in [0.5, 0.6) is 17.2 Å². The fourth-order valence-electron chi connectivity index (χ4n) is 2.54. The Kier molecular flexibility index (Phi) is 4.55. The average molecular weight is 352 g/mol. The lowest BCUT2D eigenvalue weighted by Gasteiger charge is -2.19. The molecule has 1 aromatic heterocycles. The molecule has 3 aromatic rings. The molecule has 0 radical (unpaired) electrons. The molecule has 5 nitrogen and oxygen atoms in total. The zero-order valence-corrected chi connectivity index (χ0v) is 15.2. The number of hydrogen-bond acceptors (Lipinski definition) is 5. The van der Waals surface area contributed by atoms with Gasteiger partial charge in [0.15, 0.2) is 0 Å². The molecule has 5 heteroatoms. The van der Waals surface area contributed by atoms with Gasteiger partial charge in [0.25, 0.3) is 0 Å². The van der Waals surface area contributed by atoms with Crippen molar-refractivity contribution in [2.75, 3.05) is 0 Å². The summed E-state index contributed by atoms with van der Waals surface area (Å²) in [6.07, 6.45) is 1.26. The molecule has 0 fully saturated rings. The Labute approximate surface area is 151 Å². The molecule has 0 unspecified atom stereocenters. The Morgan fingerprint density at radius 2 is 1.65 bits per heavy atom. The number of esters is 1. The number of ether oxygens (including phenoxy) is 2. The van der Waals surface area contributed by atoms with Crippen LogP contribution in [-0.2, 0) is 10.2 Å². The molecular formula is C21H20O5. The molecule has 0 amide bonds. The van der Waals surface area contributed by atoms with Gasteiger partial charge >= 0.3 is 5.97 Å². The lowest BCUT2D eigenvalue weighted by atomic mass is 9.87. The topological polar surface area (TPSA) is 65.7 Å². The Bertz CT molecular complexity index is 1010. The van der Waals surface area contributed by atoms with Crippen molar-refractivity contribution in [3.63, 3.8) is 0 Å². The molecule has 0 aliphatic rings. The van der Waals surface area contributed by atoms with Crippen molar-refractivity contribution in [2.24, 2.45) is 0 Å². The normalized spacial score (nSPS) is 11.4. The number of hydrogen-bond donors (Lipinski definition) is 0. The molecule has 0 atom stereocenters. The first-order valence-electron chi connectivity index (χ1n) is 8.26. The minimum Gasteiger partial charge on any atom is -0.460 e. The summed E-state index contributed by atoms with van der Waals surface area (Å²) < 4.78 is 16.2. The maximum Gasteiger partial charge on any atom is 0.308 e. The predicted octanol–water partition coefficient (Wildman–Crippen LogP) is 4.81. The zero-order chi connectivity index (χ0) is 18.9. The van der Waals surface area contributed by atoms with Crippen LogP contribution in [0.3, 0.4) is 0 Å². The van der Waals surface area contributed by atoms with Crippen molar-refractivity contribution in [3.05, 3.63) is 64.5 Å². The molecule has 0 aliphatic heterocycles. The van der Waals surface area contributed by atoms with Gasteiger partial charge in [-0.2, -0.15) is 0 Å². The van der Waals surface area contributed by atoms with Crippen molar-refractivity contribution in [1.82, 2.24) is 0 Å². The fraction of sp³-hybridized carbons (Fsp3) is 0.238. The van der Waals surface area contributed by atoms with E-state index in [9.17, 15) is 9.59 Å². The van der Waals surface area contributed by atoms with Gasteiger partial charge in [-0.05, 0) is 35.2 Å². The SMILES string of the molecule is CC(=O)Oc1ccc2c(=O)c(Oc3ccc(C(C)(C)C)cc3)coc2c1. The van der Waals surface area contributed by atoms with E-state index in [4.69, 9.17) is 13.9 Å². The summed E-state index contributed by atoms with van der Waals surface area (Å²) in [5.41, 5.74) is 1.25. The van der Waals surface area contributed by atoms with E-state index in [1.807, 2.05) is 24.3 Å². The summed E-state index contributed by atoms with van der Waals surface area (Å²) in [6, 6.07) is 12.2. The number of carbonyl (C=O) groups excluding carboxylic acids is 1. The summed E-state index contributed by atoms with van der Waals surface area (Å²) in [6.45, 7) is 7.70. The van der Waals surface area contributed by atoms with Gasteiger partial charge in [0, 0.05) is 13.0 Å². The molecule has 3 rings (SSSR count). The minimum atomic E-state index is -0.439. The monoisotopic (exact) mass is 352 g/mol. The van der Waals surface area contributed by atoms with Crippen LogP contribution < -0.4 is 14.9 Å². The molecule has 0 N–H and O–H groups in total. The third-order valence-corrected chi connectivity index (χ3v) is 3.92. The second-order valence-electron chi connectivity index (χ2n) is 7.06. The molecule has 0 saturated heterocycles. The highest BCUT2D eigenvalue weighted by Gasteiger charge is 2.14. The van der Waals surface area contributed by atoms with Crippen LogP contribution in [0.2, 0.25) is 0 Å². The molecule has 0 spiro atoms. The lowest BCUT2D eigenvalue weighted by Crippen LogP contribution is -2.10. The van der Waals surface area contributed by atoms with Crippen LogP contribution in [-0.4, -0.2) is 5.97 Å². The molecule has 1 heterocycles. The van der Waals surface area contributed by atoms with E-state index < -0.39 is 5.97 Å². The number of benzene rings is 2. The highest BCUT2D eigenvalue weighted by molar-refractivity contribution is 5.80. The van der Waals surface area contributed by atoms with Crippen LogP contribution in [0.25, 0.3) is 11.0 Å². The van der Waals surface area contributed by atoms with Crippen molar-refractivity contribution < 1.29 is 18.7 Å². The van der Waals surface area contributed by atoms with E-state index in [1.165, 1.54) is 24.8 Å². The first kappa shape index (κ1) is 17.7. The molecule has 134 valence electrons. The number of rotatable bonds is 3. The Balaban J connectivity index is 1.90. The van der Waals surface area contributed by atoms with Gasteiger partial charge in [-0.1, -0.05) is 32.9 Å². The number of carbonyl (C=O) groups is 1. The van der Waals surface area contributed by atoms with Gasteiger partial charge in [-0.25, -0.2) is 0 Å². The van der Waals surface area contributed by atoms with Crippen molar-refractivity contribution in [3.8, 4) is 17.2 Å². The second-order valence-corrected chi connectivity index (χ2v) is 7.06. The first-order chi connectivity index (χ1) is 12.2. The summed E-state index contributed by atoms with van der Waals surface area (Å²) in [5, 5.41) is 0.352. The smallest absolute Gasteiger partial charge is 0.308 e. The molecule has 2 aromatic carbocycles. The fourth-order valence-corrected chi connectivity index (χ4v) is 2.54. The van der Waals surface area contributed by atoms with Gasteiger partial charge in [0.2, 0.25) is 11.2 Å². The van der Waals surface area contributed by atoms with Crippen LogP contribution >= 0.6 is 0 Å². The number of fused-ring (bicyclic) bond motifs is 1. The summed E-state index contributed by atoms with van der Waals surface area (Å²) in [5.74, 6) is 0.535. The molecule has 0 saturated carbocycles. The third-order valence-electron chi connectivity index (χ3n) is 3.92.